The van der Waals surface area contributed by atoms with E-state index in [0.717, 1.165) is 31.3 Å². The number of nitrogens with one attached hydrogen (secondary N) is 1. The maximum atomic E-state index is 5.07. The van der Waals surface area contributed by atoms with Crippen molar-refractivity contribution >= 4 is 12.7 Å². The molecular weight excluding hydrogens is 182 g/mol. The van der Waals surface area contributed by atoms with Crippen LogP contribution in [0.2, 0.25) is 0 Å². The molecule has 0 unspecified atom stereocenters. The third kappa shape index (κ3) is 1.68. The zero-order chi connectivity index (χ0) is 9.97. The molecule has 1 aliphatic heterocycles. The Morgan fingerprint density at radius 3 is 3.14 bits per heavy atom. The van der Waals surface area contributed by atoms with Crippen LogP contribution < -0.4 is 4.90 Å². The highest BCUT2D eigenvalue weighted by Crippen LogP contribution is 2.17. The Kier molecular flexibility index (Phi) is 2.34. The highest BCUT2D eigenvalue weighted by atomic mass is 16.6. The Balaban J connectivity index is 1.98. The molecule has 1 fully saturated rings. The minimum absolute atomic E-state index is 0.123. The maximum absolute atomic E-state index is 5.07. The van der Waals surface area contributed by atoms with Crippen molar-refractivity contribution in [1.29, 1.82) is 0 Å². The molecule has 2 rings (SSSR count). The number of H-pyrrole nitrogens is 1. The molecule has 1 saturated heterocycles. The number of nitrogens with zero attached hydrogens (tertiary/aromatic N) is 4. The fourth-order valence-corrected chi connectivity index (χ4v) is 1.59. The molecule has 14 heavy (non-hydrogen) atoms. The number of rotatable bonds is 3. The van der Waals surface area contributed by atoms with E-state index in [-0.39, 0.29) is 6.10 Å². The number of aryl methyl sites for hydroxylation is 1. The molecule has 0 aliphatic carbocycles. The summed E-state index contributed by atoms with van der Waals surface area (Å²) in [7, 11) is 0. The first kappa shape index (κ1) is 8.98. The Labute approximate surface area is 82.0 Å². The predicted molar refractivity (Wildman–Crippen MR) is 52.4 cm³/mol. The summed E-state index contributed by atoms with van der Waals surface area (Å²) in [6.07, 6.45) is 1.07. The van der Waals surface area contributed by atoms with Crippen molar-refractivity contribution in [2.75, 3.05) is 18.0 Å². The van der Waals surface area contributed by atoms with Crippen LogP contribution in [0.5, 0.6) is 0 Å². The fraction of sp³-hybridized carbons (Fsp3) is 0.625. The standard InChI is InChI=1S/C8H13N5O/c1-6-10-8(12-11-6)13-4-3-7(5-13)14-9-2/h7H,2-5H2,1H3,(H,10,11,12)/t7-/m1/s1. The molecule has 1 atom stereocenters. The van der Waals surface area contributed by atoms with Gasteiger partial charge in [-0.15, -0.1) is 15.4 Å². The lowest BCUT2D eigenvalue weighted by Gasteiger charge is -2.12. The van der Waals surface area contributed by atoms with E-state index in [1.54, 1.807) is 0 Å². The summed E-state index contributed by atoms with van der Waals surface area (Å²) < 4.78 is 0. The van der Waals surface area contributed by atoms with Gasteiger partial charge in [-0.05, 0) is 6.92 Å². The molecule has 76 valence electrons. The fourth-order valence-electron chi connectivity index (χ4n) is 1.59. The van der Waals surface area contributed by atoms with Gasteiger partial charge in [-0.1, -0.05) is 0 Å². The summed E-state index contributed by atoms with van der Waals surface area (Å²) in [5, 5.41) is 11.3. The topological polar surface area (TPSA) is 66.4 Å². The molecule has 0 amide bonds. The average molecular weight is 195 g/mol. The molecule has 1 aromatic rings. The summed E-state index contributed by atoms with van der Waals surface area (Å²) in [5.41, 5.74) is 0. The van der Waals surface area contributed by atoms with Crippen molar-refractivity contribution in [3.05, 3.63) is 5.82 Å². The van der Waals surface area contributed by atoms with Crippen LogP contribution >= 0.6 is 0 Å². The average Bonchev–Trinajstić information content (AvgIpc) is 2.74. The molecule has 6 nitrogen and oxygen atoms in total. The molecule has 1 aliphatic rings. The molecule has 0 radical (unpaired) electrons. The van der Waals surface area contributed by atoms with Gasteiger partial charge in [-0.25, -0.2) is 0 Å². The van der Waals surface area contributed by atoms with Crippen LogP contribution in [0.15, 0.2) is 5.16 Å². The Bertz CT molecular complexity index is 323. The van der Waals surface area contributed by atoms with Crippen molar-refractivity contribution < 1.29 is 4.84 Å². The number of hydrogen-bond acceptors (Lipinski definition) is 5. The molecular formula is C8H13N5O. The normalized spacial score (nSPS) is 21.2. The second-order valence-corrected chi connectivity index (χ2v) is 3.33. The van der Waals surface area contributed by atoms with Gasteiger partial charge < -0.3 is 14.7 Å². The van der Waals surface area contributed by atoms with Gasteiger partial charge in [0.05, 0.1) is 6.54 Å². The van der Waals surface area contributed by atoms with Crippen molar-refractivity contribution in [2.24, 2.45) is 5.16 Å². The molecule has 6 heteroatoms. The van der Waals surface area contributed by atoms with Gasteiger partial charge in [0, 0.05) is 19.7 Å². The van der Waals surface area contributed by atoms with Crippen LogP contribution in [0.1, 0.15) is 12.2 Å². The molecule has 1 aromatic heterocycles. The molecule has 0 spiro atoms. The van der Waals surface area contributed by atoms with Crippen LogP contribution in [0.3, 0.4) is 0 Å². The van der Waals surface area contributed by atoms with E-state index in [1.165, 1.54) is 0 Å². The first-order valence-electron chi connectivity index (χ1n) is 4.55. The molecule has 0 saturated carbocycles. The SMILES string of the molecule is C=NO[C@@H]1CCN(c2nnc(C)[nH]2)C1. The van der Waals surface area contributed by atoms with Gasteiger partial charge >= 0.3 is 0 Å². The molecule has 1 N–H and O–H groups in total. The van der Waals surface area contributed by atoms with E-state index >= 15 is 0 Å². The quantitative estimate of drug-likeness (QED) is 0.557. The van der Waals surface area contributed by atoms with Crippen molar-refractivity contribution in [3.63, 3.8) is 0 Å². The highest BCUT2D eigenvalue weighted by Gasteiger charge is 2.25. The number of aromatic nitrogens is 3. The van der Waals surface area contributed by atoms with Crippen LogP contribution in [-0.2, 0) is 4.84 Å². The minimum Gasteiger partial charge on any atom is -0.391 e. The van der Waals surface area contributed by atoms with Gasteiger partial charge in [-0.2, -0.15) is 0 Å². The molecule has 0 aromatic carbocycles. The van der Waals surface area contributed by atoms with E-state index in [9.17, 15) is 0 Å². The highest BCUT2D eigenvalue weighted by molar-refractivity contribution is 5.30. The van der Waals surface area contributed by atoms with Gasteiger partial charge in [-0.3, -0.25) is 0 Å². The monoisotopic (exact) mass is 195 g/mol. The van der Waals surface area contributed by atoms with Crippen LogP contribution in [-0.4, -0.2) is 41.1 Å². The Morgan fingerprint density at radius 2 is 2.50 bits per heavy atom. The minimum atomic E-state index is 0.123. The zero-order valence-electron chi connectivity index (χ0n) is 8.10. The predicted octanol–water partition coefficient (Wildman–Crippen LogP) is 0.324. The first-order valence-corrected chi connectivity index (χ1v) is 4.55. The molecule has 2 heterocycles. The summed E-state index contributed by atoms with van der Waals surface area (Å²) in [5.74, 6) is 1.63. The van der Waals surface area contributed by atoms with E-state index in [1.807, 2.05) is 6.92 Å². The van der Waals surface area contributed by atoms with Crippen molar-refractivity contribution in [2.45, 2.75) is 19.4 Å². The van der Waals surface area contributed by atoms with E-state index in [4.69, 9.17) is 4.84 Å². The third-order valence-corrected chi connectivity index (χ3v) is 2.26. The second kappa shape index (κ2) is 3.65. The van der Waals surface area contributed by atoms with E-state index < -0.39 is 0 Å². The Morgan fingerprint density at radius 1 is 1.64 bits per heavy atom. The number of oxime groups is 1. The summed E-state index contributed by atoms with van der Waals surface area (Å²) in [4.78, 5) is 10.2. The maximum Gasteiger partial charge on any atom is 0.224 e. The van der Waals surface area contributed by atoms with E-state index in [0.29, 0.717) is 0 Å². The first-order chi connectivity index (χ1) is 6.79. The lowest BCUT2D eigenvalue weighted by Crippen LogP contribution is -2.23. The largest absolute Gasteiger partial charge is 0.391 e. The van der Waals surface area contributed by atoms with Gasteiger partial charge in [0.25, 0.3) is 0 Å². The van der Waals surface area contributed by atoms with Gasteiger partial charge in [0.1, 0.15) is 11.9 Å². The van der Waals surface area contributed by atoms with Crippen LogP contribution in [0.25, 0.3) is 0 Å². The summed E-state index contributed by atoms with van der Waals surface area (Å²) in [6.45, 7) is 6.88. The lowest BCUT2D eigenvalue weighted by atomic mass is 10.3. The van der Waals surface area contributed by atoms with Crippen molar-refractivity contribution in [3.8, 4) is 0 Å². The van der Waals surface area contributed by atoms with E-state index in [2.05, 4.69) is 32.0 Å². The smallest absolute Gasteiger partial charge is 0.224 e. The zero-order valence-corrected chi connectivity index (χ0v) is 8.10. The number of aromatic amines is 1. The second-order valence-electron chi connectivity index (χ2n) is 3.33. The van der Waals surface area contributed by atoms with Crippen LogP contribution in [0.4, 0.5) is 5.95 Å². The molecule has 0 bridgehead atoms. The number of anilines is 1. The van der Waals surface area contributed by atoms with Gasteiger partial charge in [0.2, 0.25) is 5.95 Å². The third-order valence-electron chi connectivity index (χ3n) is 2.26. The summed E-state index contributed by atoms with van der Waals surface area (Å²) >= 11 is 0. The van der Waals surface area contributed by atoms with Crippen LogP contribution in [0, 0.1) is 6.92 Å². The van der Waals surface area contributed by atoms with Gasteiger partial charge in [0.15, 0.2) is 0 Å². The Hall–Kier alpha value is -1.59. The summed E-state index contributed by atoms with van der Waals surface area (Å²) in [6, 6.07) is 0. The van der Waals surface area contributed by atoms with Crippen molar-refractivity contribution in [1.82, 2.24) is 15.2 Å². The lowest BCUT2D eigenvalue weighted by molar-refractivity contribution is 0.0769. The number of hydrogen-bond donors (Lipinski definition) is 1.